The van der Waals surface area contributed by atoms with Crippen LogP contribution in [0.3, 0.4) is 0 Å². The Morgan fingerprint density at radius 2 is 2.00 bits per heavy atom. The second-order valence-electron chi connectivity index (χ2n) is 6.77. The van der Waals surface area contributed by atoms with E-state index in [4.69, 9.17) is 0 Å². The molecule has 1 rings (SSSR count). The molecule has 1 heterocycles. The molecule has 1 saturated heterocycles. The third-order valence-electron chi connectivity index (χ3n) is 3.64. The van der Waals surface area contributed by atoms with Gasteiger partial charge in [-0.05, 0) is 46.8 Å². The van der Waals surface area contributed by atoms with Gasteiger partial charge < -0.3 is 10.2 Å². The molecule has 1 atom stereocenters. The van der Waals surface area contributed by atoms with Crippen molar-refractivity contribution in [2.75, 3.05) is 40.3 Å². The molecule has 102 valence electrons. The van der Waals surface area contributed by atoms with E-state index in [2.05, 4.69) is 56.9 Å². The maximum absolute atomic E-state index is 3.69. The topological polar surface area (TPSA) is 18.5 Å². The summed E-state index contributed by atoms with van der Waals surface area (Å²) in [5.41, 5.74) is 0.332. The van der Waals surface area contributed by atoms with Gasteiger partial charge in [-0.1, -0.05) is 13.8 Å². The molecule has 0 bridgehead atoms. The van der Waals surface area contributed by atoms with E-state index in [1.807, 2.05) is 0 Å². The first-order chi connectivity index (χ1) is 7.81. The molecule has 1 unspecified atom stereocenters. The minimum atomic E-state index is 0.332. The van der Waals surface area contributed by atoms with Crippen molar-refractivity contribution in [2.24, 2.45) is 5.92 Å². The standard InChI is InChI=1S/C14H31N3/c1-12(2)9-17-11-13(10-16(5)6)15-8-7-14(17,3)4/h12-13,15H,7-11H2,1-6H3. The second kappa shape index (κ2) is 6.17. The molecule has 1 fully saturated rings. The number of nitrogens with zero attached hydrogens (tertiary/aromatic N) is 2. The Balaban J connectivity index is 2.66. The lowest BCUT2D eigenvalue weighted by molar-refractivity contribution is 0.101. The molecule has 0 aliphatic carbocycles. The predicted molar refractivity (Wildman–Crippen MR) is 75.5 cm³/mol. The third-order valence-corrected chi connectivity index (χ3v) is 3.64. The maximum atomic E-state index is 3.69. The highest BCUT2D eigenvalue weighted by Gasteiger charge is 2.31. The van der Waals surface area contributed by atoms with Gasteiger partial charge in [0.1, 0.15) is 0 Å². The summed E-state index contributed by atoms with van der Waals surface area (Å²) in [6.07, 6.45) is 1.24. The summed E-state index contributed by atoms with van der Waals surface area (Å²) in [6, 6.07) is 0.602. The van der Waals surface area contributed by atoms with Gasteiger partial charge in [-0.3, -0.25) is 4.90 Å². The molecular weight excluding hydrogens is 210 g/mol. The molecule has 3 nitrogen and oxygen atoms in total. The molecule has 3 heteroatoms. The number of likely N-dealkylation sites (N-methyl/N-ethyl adjacent to an activating group) is 1. The quantitative estimate of drug-likeness (QED) is 0.807. The van der Waals surface area contributed by atoms with Gasteiger partial charge in [0.25, 0.3) is 0 Å². The molecule has 0 radical (unpaired) electrons. The molecule has 0 aromatic carbocycles. The summed E-state index contributed by atoms with van der Waals surface area (Å²) in [5.74, 6) is 0.743. The highest BCUT2D eigenvalue weighted by Crippen LogP contribution is 2.22. The van der Waals surface area contributed by atoms with Gasteiger partial charge in [0.15, 0.2) is 0 Å². The lowest BCUT2D eigenvalue weighted by Gasteiger charge is -2.39. The number of hydrogen-bond donors (Lipinski definition) is 1. The summed E-state index contributed by atoms with van der Waals surface area (Å²) in [5, 5.41) is 3.69. The molecule has 0 amide bonds. The zero-order valence-corrected chi connectivity index (χ0v) is 12.6. The zero-order chi connectivity index (χ0) is 13.1. The van der Waals surface area contributed by atoms with Crippen LogP contribution in [0.1, 0.15) is 34.1 Å². The van der Waals surface area contributed by atoms with Crippen LogP contribution in [0.5, 0.6) is 0 Å². The van der Waals surface area contributed by atoms with Gasteiger partial charge in [0, 0.05) is 31.2 Å². The van der Waals surface area contributed by atoms with Gasteiger partial charge >= 0.3 is 0 Å². The average molecular weight is 241 g/mol. The van der Waals surface area contributed by atoms with Crippen molar-refractivity contribution in [3.05, 3.63) is 0 Å². The normalized spacial score (nSPS) is 26.5. The van der Waals surface area contributed by atoms with Crippen LogP contribution in [0, 0.1) is 5.92 Å². The maximum Gasteiger partial charge on any atom is 0.0322 e. The van der Waals surface area contributed by atoms with Crippen LogP contribution in [-0.4, -0.2) is 61.7 Å². The zero-order valence-electron chi connectivity index (χ0n) is 12.6. The van der Waals surface area contributed by atoms with E-state index in [-0.39, 0.29) is 0 Å². The first-order valence-electron chi connectivity index (χ1n) is 6.94. The predicted octanol–water partition coefficient (Wildman–Crippen LogP) is 1.65. The Hall–Kier alpha value is -0.120. The minimum Gasteiger partial charge on any atom is -0.311 e. The molecule has 0 aromatic rings. The van der Waals surface area contributed by atoms with Gasteiger partial charge in [0.05, 0.1) is 0 Å². The van der Waals surface area contributed by atoms with Crippen molar-refractivity contribution in [1.29, 1.82) is 0 Å². The molecule has 0 saturated carbocycles. The molecule has 1 N–H and O–H groups in total. The van der Waals surface area contributed by atoms with Crippen LogP contribution in [0.2, 0.25) is 0 Å². The smallest absolute Gasteiger partial charge is 0.0322 e. The van der Waals surface area contributed by atoms with Crippen molar-refractivity contribution in [1.82, 2.24) is 15.1 Å². The SMILES string of the molecule is CC(C)CN1CC(CN(C)C)NCCC1(C)C. The fourth-order valence-corrected chi connectivity index (χ4v) is 2.64. The van der Waals surface area contributed by atoms with Crippen molar-refractivity contribution < 1.29 is 0 Å². The summed E-state index contributed by atoms with van der Waals surface area (Å²) in [6.45, 7) is 14.0. The second-order valence-corrected chi connectivity index (χ2v) is 6.77. The van der Waals surface area contributed by atoms with Crippen LogP contribution in [-0.2, 0) is 0 Å². The fourth-order valence-electron chi connectivity index (χ4n) is 2.64. The van der Waals surface area contributed by atoms with E-state index in [0.29, 0.717) is 11.6 Å². The molecule has 0 aromatic heterocycles. The fraction of sp³-hybridized carbons (Fsp3) is 1.00. The van der Waals surface area contributed by atoms with Crippen molar-refractivity contribution >= 4 is 0 Å². The molecule has 0 spiro atoms. The van der Waals surface area contributed by atoms with Crippen LogP contribution >= 0.6 is 0 Å². The van der Waals surface area contributed by atoms with Crippen LogP contribution < -0.4 is 5.32 Å². The monoisotopic (exact) mass is 241 g/mol. The Kier molecular flexibility index (Phi) is 5.42. The van der Waals surface area contributed by atoms with Gasteiger partial charge in [-0.2, -0.15) is 0 Å². The molecule has 17 heavy (non-hydrogen) atoms. The van der Waals surface area contributed by atoms with Crippen molar-refractivity contribution in [3.63, 3.8) is 0 Å². The minimum absolute atomic E-state index is 0.332. The largest absolute Gasteiger partial charge is 0.311 e. The lowest BCUT2D eigenvalue weighted by atomic mass is 9.97. The van der Waals surface area contributed by atoms with E-state index in [1.54, 1.807) is 0 Å². The number of hydrogen-bond acceptors (Lipinski definition) is 3. The van der Waals surface area contributed by atoms with Crippen molar-refractivity contribution in [3.8, 4) is 0 Å². The Morgan fingerprint density at radius 1 is 1.35 bits per heavy atom. The van der Waals surface area contributed by atoms with E-state index in [0.717, 1.165) is 19.0 Å². The van der Waals surface area contributed by atoms with Gasteiger partial charge in [-0.15, -0.1) is 0 Å². The highest BCUT2D eigenvalue weighted by atomic mass is 15.2. The summed E-state index contributed by atoms with van der Waals surface area (Å²) in [4.78, 5) is 4.95. The van der Waals surface area contributed by atoms with E-state index in [1.165, 1.54) is 19.5 Å². The summed E-state index contributed by atoms with van der Waals surface area (Å²) in [7, 11) is 4.31. The van der Waals surface area contributed by atoms with E-state index in [9.17, 15) is 0 Å². The first kappa shape index (κ1) is 14.9. The lowest BCUT2D eigenvalue weighted by Crippen LogP contribution is -2.50. The summed E-state index contributed by atoms with van der Waals surface area (Å²) >= 11 is 0. The average Bonchev–Trinajstić information content (AvgIpc) is 2.25. The van der Waals surface area contributed by atoms with Gasteiger partial charge in [0.2, 0.25) is 0 Å². The van der Waals surface area contributed by atoms with Crippen molar-refractivity contribution in [2.45, 2.75) is 45.7 Å². The van der Waals surface area contributed by atoms with Gasteiger partial charge in [-0.25, -0.2) is 0 Å². The first-order valence-corrected chi connectivity index (χ1v) is 6.94. The van der Waals surface area contributed by atoms with Crippen LogP contribution in [0.15, 0.2) is 0 Å². The number of nitrogens with one attached hydrogen (secondary N) is 1. The summed E-state index contributed by atoms with van der Waals surface area (Å²) < 4.78 is 0. The van der Waals surface area contributed by atoms with Crippen LogP contribution in [0.25, 0.3) is 0 Å². The Morgan fingerprint density at radius 3 is 2.53 bits per heavy atom. The Labute approximate surface area is 108 Å². The van der Waals surface area contributed by atoms with E-state index < -0.39 is 0 Å². The molecule has 1 aliphatic rings. The number of rotatable bonds is 4. The molecule has 1 aliphatic heterocycles. The highest BCUT2D eigenvalue weighted by molar-refractivity contribution is 4.90. The third kappa shape index (κ3) is 4.94. The van der Waals surface area contributed by atoms with Crippen LogP contribution in [0.4, 0.5) is 0 Å². The molecular formula is C14H31N3. The van der Waals surface area contributed by atoms with E-state index >= 15 is 0 Å². The Bertz CT molecular complexity index is 224.